The van der Waals surface area contributed by atoms with Crippen LogP contribution >= 0.6 is 0 Å². The largest absolute Gasteiger partial charge is 0.368 e. The van der Waals surface area contributed by atoms with E-state index in [1.807, 2.05) is 55.4 Å². The van der Waals surface area contributed by atoms with Crippen molar-refractivity contribution in [1.82, 2.24) is 20.9 Å². The summed E-state index contributed by atoms with van der Waals surface area (Å²) in [4.78, 5) is 38.7. The van der Waals surface area contributed by atoms with Gasteiger partial charge >= 0.3 is 0 Å². The molecule has 2 unspecified atom stereocenters. The highest BCUT2D eigenvalue weighted by Crippen LogP contribution is 2.26. The van der Waals surface area contributed by atoms with E-state index in [1.54, 1.807) is 4.90 Å². The number of nitrogens with zero attached hydrogens (tertiary/aromatic N) is 1. The van der Waals surface area contributed by atoms with Gasteiger partial charge in [-0.2, -0.15) is 0 Å². The minimum absolute atomic E-state index is 0.0278. The Morgan fingerprint density at radius 3 is 1.92 bits per heavy atom. The van der Waals surface area contributed by atoms with Gasteiger partial charge < -0.3 is 26.6 Å². The first-order valence-corrected chi connectivity index (χ1v) is 13.3. The molecule has 8 heteroatoms. The number of carbonyl (C=O) groups is 3. The Kier molecular flexibility index (Phi) is 13.9. The van der Waals surface area contributed by atoms with Gasteiger partial charge in [0.2, 0.25) is 17.7 Å². The topological polar surface area (TPSA) is 117 Å². The Balaban J connectivity index is 0.00000152. The van der Waals surface area contributed by atoms with Crippen LogP contribution in [0, 0.1) is 11.3 Å². The van der Waals surface area contributed by atoms with Crippen LogP contribution in [0.2, 0.25) is 0 Å². The van der Waals surface area contributed by atoms with Crippen molar-refractivity contribution in [2.45, 2.75) is 112 Å². The zero-order chi connectivity index (χ0) is 28.3. The van der Waals surface area contributed by atoms with Gasteiger partial charge in [0.1, 0.15) is 12.1 Å². The second kappa shape index (κ2) is 14.9. The Morgan fingerprint density at radius 1 is 1.00 bits per heavy atom. The van der Waals surface area contributed by atoms with Gasteiger partial charge in [-0.25, -0.2) is 0 Å². The normalized spacial score (nSPS) is 18.2. The van der Waals surface area contributed by atoms with Crippen molar-refractivity contribution in [3.8, 4) is 0 Å². The quantitative estimate of drug-likeness (QED) is 0.373. The average Bonchev–Trinajstić information content (AvgIpc) is 3.23. The minimum Gasteiger partial charge on any atom is -0.368 e. The molecule has 3 amide bonds. The highest BCUT2D eigenvalue weighted by atomic mass is 16.2. The van der Waals surface area contributed by atoms with Crippen molar-refractivity contribution in [2.24, 2.45) is 17.1 Å². The second-order valence-electron chi connectivity index (χ2n) is 11.7. The zero-order valence-electron chi connectivity index (χ0n) is 24.3. The molecular formula is C28H53N5O3. The van der Waals surface area contributed by atoms with Gasteiger partial charge in [0.15, 0.2) is 0 Å². The van der Waals surface area contributed by atoms with E-state index in [4.69, 9.17) is 5.73 Å². The summed E-state index contributed by atoms with van der Waals surface area (Å²) in [6.07, 6.45) is 5.76. The molecule has 1 aliphatic carbocycles. The van der Waals surface area contributed by atoms with Crippen molar-refractivity contribution in [3.05, 3.63) is 24.6 Å². The lowest BCUT2D eigenvalue weighted by Gasteiger charge is -2.37. The summed E-state index contributed by atoms with van der Waals surface area (Å²) in [5, 5.41) is 9.10. The van der Waals surface area contributed by atoms with Gasteiger partial charge in [0.25, 0.3) is 0 Å². The lowest BCUT2D eigenvalue weighted by Crippen LogP contribution is -2.57. The lowest BCUT2D eigenvalue weighted by atomic mass is 9.85. The fourth-order valence-electron chi connectivity index (χ4n) is 3.79. The molecule has 0 spiro atoms. The maximum Gasteiger partial charge on any atom is 0.246 e. The molecule has 1 aliphatic heterocycles. The monoisotopic (exact) mass is 507 g/mol. The van der Waals surface area contributed by atoms with Gasteiger partial charge in [0, 0.05) is 24.2 Å². The van der Waals surface area contributed by atoms with Crippen LogP contribution in [0.5, 0.6) is 0 Å². The van der Waals surface area contributed by atoms with E-state index in [-0.39, 0.29) is 29.5 Å². The predicted octanol–water partition coefficient (Wildman–Crippen LogP) is 3.83. The first-order valence-electron chi connectivity index (χ1n) is 13.3. The molecule has 0 bridgehead atoms. The maximum atomic E-state index is 13.4. The first kappa shape index (κ1) is 33.5. The van der Waals surface area contributed by atoms with Gasteiger partial charge in [-0.05, 0) is 44.9 Å². The van der Waals surface area contributed by atoms with Crippen molar-refractivity contribution in [3.63, 3.8) is 0 Å². The minimum atomic E-state index is -0.661. The fourth-order valence-corrected chi connectivity index (χ4v) is 3.79. The van der Waals surface area contributed by atoms with Crippen LogP contribution in [0.4, 0.5) is 0 Å². The molecule has 208 valence electrons. The van der Waals surface area contributed by atoms with E-state index in [0.717, 1.165) is 12.3 Å². The Labute approximate surface area is 219 Å². The highest BCUT2D eigenvalue weighted by molar-refractivity contribution is 5.94. The molecule has 2 aliphatic rings. The van der Waals surface area contributed by atoms with Crippen molar-refractivity contribution in [1.29, 1.82) is 0 Å². The smallest absolute Gasteiger partial charge is 0.246 e. The van der Waals surface area contributed by atoms with Crippen LogP contribution in [0.15, 0.2) is 24.6 Å². The molecular weight excluding hydrogens is 454 g/mol. The zero-order valence-corrected chi connectivity index (χ0v) is 24.3. The third-order valence-corrected chi connectivity index (χ3v) is 6.01. The molecule has 0 radical (unpaired) electrons. The molecule has 5 N–H and O–H groups in total. The number of hydrogen-bond donors (Lipinski definition) is 4. The number of nitrogens with one attached hydrogen (secondary N) is 3. The van der Waals surface area contributed by atoms with E-state index >= 15 is 0 Å². The summed E-state index contributed by atoms with van der Waals surface area (Å²) in [6, 6.07) is -1.14. The molecule has 1 heterocycles. The van der Waals surface area contributed by atoms with E-state index in [0.29, 0.717) is 18.8 Å². The van der Waals surface area contributed by atoms with Crippen molar-refractivity contribution < 1.29 is 14.4 Å². The van der Waals surface area contributed by atoms with Crippen LogP contribution in [0.1, 0.15) is 94.4 Å². The van der Waals surface area contributed by atoms with Gasteiger partial charge in [0.05, 0.1) is 5.82 Å². The van der Waals surface area contributed by atoms with E-state index in [9.17, 15) is 14.4 Å². The number of amides is 3. The number of hydrogen-bond acceptors (Lipinski definition) is 5. The van der Waals surface area contributed by atoms with Crippen molar-refractivity contribution >= 4 is 17.7 Å². The third-order valence-electron chi connectivity index (χ3n) is 6.01. The maximum absolute atomic E-state index is 13.4. The number of carbonyl (C=O) groups excluding carboxylic acids is 3. The lowest BCUT2D eigenvalue weighted by molar-refractivity contribution is -0.141. The SMILES string of the molecule is C=C(NC(C(=O)N1CCCC1C(=O)NCC(=C)C(N)=O)C(C)(C)C)NC(C)(C)C.CC.CC1CCC1. The molecule has 0 aromatic rings. The summed E-state index contributed by atoms with van der Waals surface area (Å²) in [5.41, 5.74) is 4.67. The fraction of sp³-hybridized carbons (Fsp3) is 0.750. The summed E-state index contributed by atoms with van der Waals surface area (Å²) in [5.74, 6) is 0.503. The molecule has 1 saturated carbocycles. The van der Waals surface area contributed by atoms with E-state index < -0.39 is 23.4 Å². The summed E-state index contributed by atoms with van der Waals surface area (Å²) >= 11 is 0. The van der Waals surface area contributed by atoms with Crippen LogP contribution in [-0.4, -0.2) is 53.3 Å². The number of rotatable bonds is 8. The van der Waals surface area contributed by atoms with Crippen LogP contribution < -0.4 is 21.7 Å². The van der Waals surface area contributed by atoms with Crippen LogP contribution in [-0.2, 0) is 14.4 Å². The van der Waals surface area contributed by atoms with Gasteiger partial charge in [-0.1, -0.05) is 74.0 Å². The molecule has 0 aromatic carbocycles. The van der Waals surface area contributed by atoms with Crippen LogP contribution in [0.3, 0.4) is 0 Å². The predicted molar refractivity (Wildman–Crippen MR) is 149 cm³/mol. The standard InChI is InChI=1S/C21H37N5O3.C5H10.C2H6/c1-13(17(22)27)12-23-18(28)15-10-9-11-26(15)19(29)16(20(3,4)5)24-14(2)25-21(6,7)8;1-5-3-2-4-5;1-2/h15-16,24-25H,1-2,9-12H2,3-8H3,(H2,22,27)(H,23,28);5H,2-4H2,1H3;1-2H3. The van der Waals surface area contributed by atoms with Crippen LogP contribution in [0.25, 0.3) is 0 Å². The molecule has 2 fully saturated rings. The molecule has 0 aromatic heterocycles. The highest BCUT2D eigenvalue weighted by Gasteiger charge is 2.41. The summed E-state index contributed by atoms with van der Waals surface area (Å²) < 4.78 is 0. The van der Waals surface area contributed by atoms with Gasteiger partial charge in [-0.3, -0.25) is 14.4 Å². The second-order valence-corrected chi connectivity index (χ2v) is 11.7. The number of primary amides is 1. The number of likely N-dealkylation sites (tertiary alicyclic amines) is 1. The molecule has 1 saturated heterocycles. The molecule has 36 heavy (non-hydrogen) atoms. The van der Waals surface area contributed by atoms with Crippen molar-refractivity contribution in [2.75, 3.05) is 13.1 Å². The first-order chi connectivity index (χ1) is 16.5. The van der Waals surface area contributed by atoms with E-state index in [1.165, 1.54) is 19.3 Å². The van der Waals surface area contributed by atoms with Gasteiger partial charge in [-0.15, -0.1) is 0 Å². The Hall–Kier alpha value is -2.51. The average molecular weight is 508 g/mol. The molecule has 2 atom stereocenters. The summed E-state index contributed by atoms with van der Waals surface area (Å²) in [7, 11) is 0. The third kappa shape index (κ3) is 12.0. The number of nitrogens with two attached hydrogens (primary N) is 1. The Morgan fingerprint density at radius 2 is 1.53 bits per heavy atom. The van der Waals surface area contributed by atoms with E-state index in [2.05, 4.69) is 36.0 Å². The summed E-state index contributed by atoms with van der Waals surface area (Å²) in [6.45, 7) is 26.2. The molecule has 2 rings (SSSR count). The Bertz CT molecular complexity index is 760. The molecule has 8 nitrogen and oxygen atoms in total.